The molecule has 0 saturated carbocycles. The third kappa shape index (κ3) is 2.62. The van der Waals surface area contributed by atoms with Gasteiger partial charge in [0.15, 0.2) is 11.5 Å². The highest BCUT2D eigenvalue weighted by Crippen LogP contribution is 2.35. The first kappa shape index (κ1) is 12.6. The first-order valence-corrected chi connectivity index (χ1v) is 6.78. The van der Waals surface area contributed by atoms with Crippen LogP contribution in [0, 0.1) is 0 Å². The Kier molecular flexibility index (Phi) is 3.48. The summed E-state index contributed by atoms with van der Waals surface area (Å²) in [6, 6.07) is 6.57. The van der Waals surface area contributed by atoms with Gasteiger partial charge in [0.25, 0.3) is 0 Å². The average Bonchev–Trinajstić information content (AvgIpc) is 2.80. The van der Waals surface area contributed by atoms with E-state index in [0.29, 0.717) is 12.8 Å². The van der Waals surface area contributed by atoms with E-state index >= 15 is 0 Å². The molecule has 3 rings (SSSR count). The van der Waals surface area contributed by atoms with Crippen molar-refractivity contribution >= 4 is 5.69 Å². The maximum absolute atomic E-state index is 9.42. The van der Waals surface area contributed by atoms with Crippen molar-refractivity contribution < 1.29 is 14.6 Å². The number of hydrogen-bond acceptors (Lipinski definition) is 5. The van der Waals surface area contributed by atoms with Crippen LogP contribution in [0.2, 0.25) is 0 Å². The van der Waals surface area contributed by atoms with E-state index in [1.54, 1.807) is 0 Å². The van der Waals surface area contributed by atoms with E-state index < -0.39 is 0 Å². The summed E-state index contributed by atoms with van der Waals surface area (Å²) >= 11 is 0. The Morgan fingerprint density at radius 3 is 3.05 bits per heavy atom. The smallest absolute Gasteiger partial charge is 0.231 e. The van der Waals surface area contributed by atoms with Crippen LogP contribution in [0.5, 0.6) is 11.5 Å². The average molecular weight is 264 g/mol. The fourth-order valence-electron chi connectivity index (χ4n) is 2.67. The van der Waals surface area contributed by atoms with Gasteiger partial charge >= 0.3 is 0 Å². The Hall–Kier alpha value is -1.46. The van der Waals surface area contributed by atoms with E-state index in [9.17, 15) is 5.11 Å². The van der Waals surface area contributed by atoms with E-state index in [1.165, 1.54) is 0 Å². The summed E-state index contributed by atoms with van der Waals surface area (Å²) in [5.41, 5.74) is 1.12. The molecule has 5 heteroatoms. The number of nitrogens with zero attached hydrogens (tertiary/aromatic N) is 1. The van der Waals surface area contributed by atoms with Gasteiger partial charge < -0.3 is 24.8 Å². The van der Waals surface area contributed by atoms with Gasteiger partial charge in [-0.3, -0.25) is 0 Å². The largest absolute Gasteiger partial charge is 0.454 e. The lowest BCUT2D eigenvalue weighted by molar-refractivity contribution is 0.174. The Morgan fingerprint density at radius 1 is 1.37 bits per heavy atom. The first-order valence-electron chi connectivity index (χ1n) is 6.78. The van der Waals surface area contributed by atoms with Gasteiger partial charge in [0.05, 0.1) is 6.61 Å². The molecule has 0 bridgehead atoms. The molecule has 1 aromatic rings. The zero-order chi connectivity index (χ0) is 13.2. The lowest BCUT2D eigenvalue weighted by Gasteiger charge is -2.25. The molecule has 1 saturated heterocycles. The minimum absolute atomic E-state index is 0.114. The maximum atomic E-state index is 9.42. The molecule has 1 fully saturated rings. The summed E-state index contributed by atoms with van der Waals surface area (Å²) in [6.07, 6.45) is 1.06. The van der Waals surface area contributed by atoms with Gasteiger partial charge in [-0.25, -0.2) is 0 Å². The summed E-state index contributed by atoms with van der Waals surface area (Å²) in [5, 5.41) is 12.9. The number of rotatable bonds is 2. The second-order valence-corrected chi connectivity index (χ2v) is 5.22. The minimum atomic E-state index is 0.114. The van der Waals surface area contributed by atoms with Gasteiger partial charge in [0.2, 0.25) is 6.79 Å². The molecule has 104 valence electrons. The van der Waals surface area contributed by atoms with Crippen molar-refractivity contribution in [2.75, 3.05) is 31.4 Å². The Morgan fingerprint density at radius 2 is 2.21 bits per heavy atom. The van der Waals surface area contributed by atoms with Crippen LogP contribution in [0.15, 0.2) is 18.2 Å². The van der Waals surface area contributed by atoms with Gasteiger partial charge in [-0.05, 0) is 25.5 Å². The molecule has 2 aliphatic heterocycles. The molecule has 19 heavy (non-hydrogen) atoms. The Balaban J connectivity index is 1.80. The second kappa shape index (κ2) is 5.27. The van der Waals surface area contributed by atoms with Crippen molar-refractivity contribution in [2.45, 2.75) is 25.4 Å². The van der Waals surface area contributed by atoms with Gasteiger partial charge in [-0.2, -0.15) is 0 Å². The van der Waals surface area contributed by atoms with Crippen molar-refractivity contribution in [3.63, 3.8) is 0 Å². The maximum Gasteiger partial charge on any atom is 0.231 e. The molecule has 2 aliphatic rings. The topological polar surface area (TPSA) is 54.0 Å². The molecule has 0 spiro atoms. The van der Waals surface area contributed by atoms with Crippen LogP contribution < -0.4 is 19.7 Å². The van der Waals surface area contributed by atoms with Crippen molar-refractivity contribution in [2.24, 2.45) is 0 Å². The van der Waals surface area contributed by atoms with E-state index in [4.69, 9.17) is 9.47 Å². The van der Waals surface area contributed by atoms with Crippen LogP contribution in [0.1, 0.15) is 13.3 Å². The van der Waals surface area contributed by atoms with Crippen LogP contribution >= 0.6 is 0 Å². The number of benzene rings is 1. The zero-order valence-corrected chi connectivity index (χ0v) is 11.1. The standard InChI is InChI=1S/C14H20N2O3/c1-10-4-5-16(7-11(8-17)15-10)12-2-3-13-14(6-12)19-9-18-13/h2-3,6,10-11,15,17H,4-5,7-9H2,1H3. The van der Waals surface area contributed by atoms with Crippen molar-refractivity contribution in [3.8, 4) is 11.5 Å². The highest BCUT2D eigenvalue weighted by atomic mass is 16.7. The van der Waals surface area contributed by atoms with E-state index in [0.717, 1.165) is 36.7 Å². The van der Waals surface area contributed by atoms with Crippen LogP contribution in [0.3, 0.4) is 0 Å². The normalized spacial score (nSPS) is 26.3. The zero-order valence-electron chi connectivity index (χ0n) is 11.1. The summed E-state index contributed by atoms with van der Waals surface area (Å²) in [7, 11) is 0. The summed E-state index contributed by atoms with van der Waals surface area (Å²) in [4.78, 5) is 2.29. The fourth-order valence-corrected chi connectivity index (χ4v) is 2.67. The highest BCUT2D eigenvalue weighted by molar-refractivity contribution is 5.57. The van der Waals surface area contributed by atoms with Crippen molar-refractivity contribution in [3.05, 3.63) is 18.2 Å². The number of fused-ring (bicyclic) bond motifs is 1. The molecule has 2 atom stereocenters. The van der Waals surface area contributed by atoms with Crippen molar-refractivity contribution in [1.29, 1.82) is 0 Å². The molecule has 0 radical (unpaired) electrons. The molecule has 0 amide bonds. The highest BCUT2D eigenvalue weighted by Gasteiger charge is 2.22. The lowest BCUT2D eigenvalue weighted by Crippen LogP contribution is -2.42. The number of hydrogen-bond donors (Lipinski definition) is 2. The fraction of sp³-hybridized carbons (Fsp3) is 0.571. The van der Waals surface area contributed by atoms with Crippen molar-refractivity contribution in [1.82, 2.24) is 5.32 Å². The summed E-state index contributed by atoms with van der Waals surface area (Å²) in [6.45, 7) is 4.40. The summed E-state index contributed by atoms with van der Waals surface area (Å²) < 4.78 is 10.8. The van der Waals surface area contributed by atoms with Crippen LogP contribution in [-0.4, -0.2) is 43.7 Å². The number of anilines is 1. The molecule has 1 aromatic carbocycles. The first-order chi connectivity index (χ1) is 9.26. The van der Waals surface area contributed by atoms with Gasteiger partial charge in [0, 0.05) is 36.9 Å². The SMILES string of the molecule is CC1CCN(c2ccc3c(c2)OCO3)CC(CO)N1. The molecule has 0 aliphatic carbocycles. The molecular weight excluding hydrogens is 244 g/mol. The molecule has 0 aromatic heterocycles. The predicted molar refractivity (Wildman–Crippen MR) is 72.9 cm³/mol. The number of aliphatic hydroxyl groups is 1. The third-order valence-corrected chi connectivity index (χ3v) is 3.73. The number of nitrogens with one attached hydrogen (secondary N) is 1. The van der Waals surface area contributed by atoms with Crippen LogP contribution in [-0.2, 0) is 0 Å². The molecule has 2 N–H and O–H groups in total. The van der Waals surface area contributed by atoms with E-state index in [2.05, 4.69) is 23.2 Å². The van der Waals surface area contributed by atoms with E-state index in [1.807, 2.05) is 12.1 Å². The monoisotopic (exact) mass is 264 g/mol. The van der Waals surface area contributed by atoms with Gasteiger partial charge in [-0.15, -0.1) is 0 Å². The summed E-state index contributed by atoms with van der Waals surface area (Å²) in [5.74, 6) is 1.62. The molecule has 2 heterocycles. The lowest BCUT2D eigenvalue weighted by atomic mass is 10.2. The third-order valence-electron chi connectivity index (χ3n) is 3.73. The number of aliphatic hydroxyl groups excluding tert-OH is 1. The Labute approximate surface area is 113 Å². The van der Waals surface area contributed by atoms with Gasteiger partial charge in [-0.1, -0.05) is 0 Å². The Bertz CT molecular complexity index is 452. The second-order valence-electron chi connectivity index (χ2n) is 5.22. The quantitative estimate of drug-likeness (QED) is 0.833. The van der Waals surface area contributed by atoms with E-state index in [-0.39, 0.29) is 12.6 Å². The number of ether oxygens (including phenoxy) is 2. The minimum Gasteiger partial charge on any atom is -0.454 e. The van der Waals surface area contributed by atoms with Gasteiger partial charge in [0.1, 0.15) is 0 Å². The van der Waals surface area contributed by atoms with Crippen LogP contribution in [0.25, 0.3) is 0 Å². The molecule has 2 unspecified atom stereocenters. The molecule has 5 nitrogen and oxygen atoms in total. The molecular formula is C14H20N2O3. The van der Waals surface area contributed by atoms with Crippen LogP contribution in [0.4, 0.5) is 5.69 Å². The predicted octanol–water partition coefficient (Wildman–Crippen LogP) is 0.964.